The van der Waals surface area contributed by atoms with Crippen LogP contribution in [0.15, 0.2) is 60.7 Å². The van der Waals surface area contributed by atoms with E-state index in [4.69, 9.17) is 24.3 Å². The highest BCUT2D eigenvalue weighted by molar-refractivity contribution is 5.63. The molecule has 2 aromatic heterocycles. The lowest BCUT2D eigenvalue weighted by Crippen LogP contribution is -2.25. The molecule has 5 rings (SSSR count). The molecule has 0 unspecified atom stereocenters. The Labute approximate surface area is 199 Å². The van der Waals surface area contributed by atoms with Crippen LogP contribution in [0.1, 0.15) is 24.2 Å². The molecule has 4 aromatic rings. The van der Waals surface area contributed by atoms with Crippen molar-refractivity contribution in [2.45, 2.75) is 19.3 Å². The fraction of sp³-hybridized carbons (Fsp3) is 0.333. The molecule has 2 aromatic carbocycles. The summed E-state index contributed by atoms with van der Waals surface area (Å²) in [5.74, 6) is 3.09. The molecule has 1 aliphatic heterocycles. The summed E-state index contributed by atoms with van der Waals surface area (Å²) in [5, 5.41) is 4.80. The normalized spacial score (nSPS) is 13.9. The van der Waals surface area contributed by atoms with E-state index in [9.17, 15) is 0 Å². The zero-order valence-corrected chi connectivity index (χ0v) is 19.7. The summed E-state index contributed by atoms with van der Waals surface area (Å²) in [6.07, 6.45) is 3.18. The van der Waals surface area contributed by atoms with Crippen LogP contribution in [0.25, 0.3) is 16.9 Å². The second-order valence-electron chi connectivity index (χ2n) is 8.50. The van der Waals surface area contributed by atoms with Crippen molar-refractivity contribution < 1.29 is 14.2 Å². The van der Waals surface area contributed by atoms with E-state index in [0.29, 0.717) is 13.0 Å². The van der Waals surface area contributed by atoms with E-state index in [2.05, 4.69) is 11.0 Å². The number of hydrogen-bond acceptors (Lipinski definition) is 6. The van der Waals surface area contributed by atoms with Gasteiger partial charge in [0.05, 0.1) is 19.9 Å². The van der Waals surface area contributed by atoms with Crippen molar-refractivity contribution in [3.63, 3.8) is 0 Å². The summed E-state index contributed by atoms with van der Waals surface area (Å²) in [5.41, 5.74) is 3.93. The monoisotopic (exact) mass is 458 g/mol. The Bertz CT molecular complexity index is 1250. The lowest BCUT2D eigenvalue weighted by atomic mass is 10.1. The van der Waals surface area contributed by atoms with Gasteiger partial charge in [-0.05, 0) is 80.0 Å². The lowest BCUT2D eigenvalue weighted by Gasteiger charge is -2.16. The van der Waals surface area contributed by atoms with E-state index in [1.807, 2.05) is 59.1 Å². The number of likely N-dealkylation sites (tertiary alicyclic amines) is 1. The molecule has 1 fully saturated rings. The predicted molar refractivity (Wildman–Crippen MR) is 132 cm³/mol. The molecule has 0 atom stereocenters. The molecule has 0 bridgehead atoms. The number of fused-ring (bicyclic) bond motifs is 1. The van der Waals surface area contributed by atoms with Crippen molar-refractivity contribution >= 4 is 5.65 Å². The van der Waals surface area contributed by atoms with Crippen molar-refractivity contribution in [3.8, 4) is 28.5 Å². The maximum absolute atomic E-state index is 6.01. The molecule has 0 amide bonds. The summed E-state index contributed by atoms with van der Waals surface area (Å²) in [6.45, 7) is 3.96. The van der Waals surface area contributed by atoms with Crippen LogP contribution in [-0.4, -0.2) is 60.0 Å². The first-order valence-electron chi connectivity index (χ1n) is 11.7. The van der Waals surface area contributed by atoms with Gasteiger partial charge in [-0.2, -0.15) is 5.10 Å². The second kappa shape index (κ2) is 10.1. The Balaban J connectivity index is 1.32. The van der Waals surface area contributed by atoms with Gasteiger partial charge in [-0.3, -0.25) is 4.90 Å². The summed E-state index contributed by atoms with van der Waals surface area (Å²) < 4.78 is 18.8. The predicted octanol–water partition coefficient (Wildman–Crippen LogP) is 4.48. The van der Waals surface area contributed by atoms with Gasteiger partial charge in [-0.25, -0.2) is 9.50 Å². The van der Waals surface area contributed by atoms with Gasteiger partial charge in [-0.15, -0.1) is 0 Å². The fourth-order valence-corrected chi connectivity index (χ4v) is 4.42. The molecule has 0 radical (unpaired) electrons. The highest BCUT2D eigenvalue weighted by Crippen LogP contribution is 2.29. The van der Waals surface area contributed by atoms with Crippen LogP contribution in [0.5, 0.6) is 17.2 Å². The SMILES string of the molecule is COc1ccc(-c2cccc3nc(Cc4ccc(OCCN5CCCC5)c(OC)c4)nn23)cc1. The second-order valence-corrected chi connectivity index (χ2v) is 8.50. The quantitative estimate of drug-likeness (QED) is 0.369. The van der Waals surface area contributed by atoms with Gasteiger partial charge in [0.15, 0.2) is 23.0 Å². The van der Waals surface area contributed by atoms with E-state index in [0.717, 1.165) is 52.1 Å². The minimum Gasteiger partial charge on any atom is -0.497 e. The van der Waals surface area contributed by atoms with Crippen molar-refractivity contribution in [2.75, 3.05) is 40.5 Å². The van der Waals surface area contributed by atoms with Gasteiger partial charge < -0.3 is 14.2 Å². The first-order valence-corrected chi connectivity index (χ1v) is 11.7. The molecule has 7 nitrogen and oxygen atoms in total. The molecular weight excluding hydrogens is 428 g/mol. The lowest BCUT2D eigenvalue weighted by molar-refractivity contribution is 0.230. The molecular formula is C27H30N4O3. The Morgan fingerprint density at radius 1 is 0.882 bits per heavy atom. The molecule has 1 aliphatic rings. The Morgan fingerprint density at radius 2 is 1.71 bits per heavy atom. The number of benzene rings is 2. The van der Waals surface area contributed by atoms with E-state index in [1.165, 1.54) is 25.9 Å². The van der Waals surface area contributed by atoms with Gasteiger partial charge in [0.1, 0.15) is 12.4 Å². The maximum Gasteiger partial charge on any atom is 0.161 e. The third-order valence-electron chi connectivity index (χ3n) is 6.24. The van der Waals surface area contributed by atoms with Crippen LogP contribution in [0, 0.1) is 0 Å². The van der Waals surface area contributed by atoms with E-state index < -0.39 is 0 Å². The van der Waals surface area contributed by atoms with Gasteiger partial charge >= 0.3 is 0 Å². The smallest absolute Gasteiger partial charge is 0.161 e. The first-order chi connectivity index (χ1) is 16.7. The minimum atomic E-state index is 0.605. The van der Waals surface area contributed by atoms with E-state index >= 15 is 0 Å². The van der Waals surface area contributed by atoms with Crippen LogP contribution >= 0.6 is 0 Å². The molecule has 0 aliphatic carbocycles. The van der Waals surface area contributed by atoms with Crippen LogP contribution in [0.3, 0.4) is 0 Å². The maximum atomic E-state index is 6.01. The summed E-state index contributed by atoms with van der Waals surface area (Å²) >= 11 is 0. The van der Waals surface area contributed by atoms with E-state index in [1.54, 1.807) is 14.2 Å². The molecule has 7 heteroatoms. The Morgan fingerprint density at radius 3 is 2.47 bits per heavy atom. The number of pyridine rings is 1. The standard InChI is InChI=1S/C27H30N4O3/c1-32-22-11-9-21(10-12-22)23-6-5-7-27-28-26(29-31(23)27)19-20-8-13-24(25(18-20)33-2)34-17-16-30-14-3-4-15-30/h5-13,18H,3-4,14-17,19H2,1-2H3. The largest absolute Gasteiger partial charge is 0.497 e. The van der Waals surface area contributed by atoms with Crippen LogP contribution in [0.2, 0.25) is 0 Å². The van der Waals surface area contributed by atoms with Gasteiger partial charge in [0, 0.05) is 18.5 Å². The number of hydrogen-bond donors (Lipinski definition) is 0. The van der Waals surface area contributed by atoms with Gasteiger partial charge in [0.25, 0.3) is 0 Å². The van der Waals surface area contributed by atoms with Crippen LogP contribution in [0.4, 0.5) is 0 Å². The average molecular weight is 459 g/mol. The van der Waals surface area contributed by atoms with Crippen molar-refractivity contribution in [1.82, 2.24) is 19.5 Å². The summed E-state index contributed by atoms with van der Waals surface area (Å²) in [4.78, 5) is 7.19. The van der Waals surface area contributed by atoms with Crippen molar-refractivity contribution in [3.05, 3.63) is 72.1 Å². The molecule has 176 valence electrons. The third kappa shape index (κ3) is 4.84. The number of methoxy groups -OCH3 is 2. The molecule has 34 heavy (non-hydrogen) atoms. The molecule has 0 N–H and O–H groups in total. The van der Waals surface area contributed by atoms with Crippen LogP contribution < -0.4 is 14.2 Å². The van der Waals surface area contributed by atoms with Crippen molar-refractivity contribution in [2.24, 2.45) is 0 Å². The van der Waals surface area contributed by atoms with Gasteiger partial charge in [0.2, 0.25) is 0 Å². The average Bonchev–Trinajstić information content (AvgIpc) is 3.54. The Kier molecular flexibility index (Phi) is 6.62. The first kappa shape index (κ1) is 22.2. The van der Waals surface area contributed by atoms with Crippen molar-refractivity contribution in [1.29, 1.82) is 0 Å². The zero-order chi connectivity index (χ0) is 23.3. The molecule has 0 spiro atoms. The molecule has 0 saturated carbocycles. The fourth-order valence-electron chi connectivity index (χ4n) is 4.42. The minimum absolute atomic E-state index is 0.605. The molecule has 1 saturated heterocycles. The third-order valence-corrected chi connectivity index (χ3v) is 6.24. The zero-order valence-electron chi connectivity index (χ0n) is 19.7. The Hall–Kier alpha value is -3.58. The van der Waals surface area contributed by atoms with Crippen LogP contribution in [-0.2, 0) is 6.42 Å². The number of rotatable bonds is 9. The summed E-state index contributed by atoms with van der Waals surface area (Å²) in [6, 6.07) is 20.0. The number of ether oxygens (including phenoxy) is 3. The highest BCUT2D eigenvalue weighted by Gasteiger charge is 2.14. The summed E-state index contributed by atoms with van der Waals surface area (Å²) in [7, 11) is 3.35. The van der Waals surface area contributed by atoms with E-state index in [-0.39, 0.29) is 0 Å². The number of nitrogens with zero attached hydrogens (tertiary/aromatic N) is 4. The van der Waals surface area contributed by atoms with Gasteiger partial charge in [-0.1, -0.05) is 12.1 Å². The number of aromatic nitrogens is 3. The highest BCUT2D eigenvalue weighted by atomic mass is 16.5. The molecule has 3 heterocycles. The topological polar surface area (TPSA) is 61.1 Å².